The number of nitrogens with zero attached hydrogens (tertiary/aromatic N) is 5. The molecule has 2 atom stereocenters. The smallest absolute Gasteiger partial charge is 0.245 e. The SMILES string of the molecule is C=CC(=O)N1CCC(c2c(C3=CC[C@@H](C(=O)N4CCCC4)CC3)c3c(N)ncnc3n2C)C1. The molecule has 0 bridgehead atoms. The number of rotatable bonds is 4. The van der Waals surface area contributed by atoms with E-state index in [0.717, 1.165) is 73.9 Å². The molecule has 3 aliphatic rings. The lowest BCUT2D eigenvalue weighted by Gasteiger charge is -2.27. The molecule has 174 valence electrons. The second-order valence-electron chi connectivity index (χ2n) is 9.48. The minimum absolute atomic E-state index is 0.0303. The van der Waals surface area contributed by atoms with E-state index in [1.165, 1.54) is 18.0 Å². The van der Waals surface area contributed by atoms with Crippen LogP contribution in [0.5, 0.6) is 0 Å². The summed E-state index contributed by atoms with van der Waals surface area (Å²) >= 11 is 0. The van der Waals surface area contributed by atoms with E-state index in [0.29, 0.717) is 24.8 Å². The van der Waals surface area contributed by atoms with Gasteiger partial charge < -0.3 is 20.1 Å². The molecule has 1 unspecified atom stereocenters. The lowest BCUT2D eigenvalue weighted by molar-refractivity contribution is -0.134. The van der Waals surface area contributed by atoms with Crippen LogP contribution in [-0.4, -0.2) is 62.3 Å². The molecule has 2 amide bonds. The second-order valence-corrected chi connectivity index (χ2v) is 9.48. The van der Waals surface area contributed by atoms with E-state index in [1.807, 2.05) is 16.8 Å². The van der Waals surface area contributed by atoms with E-state index >= 15 is 0 Å². The molecule has 0 spiro atoms. The molecule has 8 heteroatoms. The Hall–Kier alpha value is -3.16. The number of carbonyl (C=O) groups excluding carboxylic acids is 2. The Morgan fingerprint density at radius 1 is 1.15 bits per heavy atom. The number of carbonyl (C=O) groups is 2. The average molecular weight is 449 g/mol. The molecule has 2 aliphatic heterocycles. The number of nitrogen functional groups attached to an aromatic ring is 1. The lowest BCUT2D eigenvalue weighted by Crippen LogP contribution is -2.34. The maximum absolute atomic E-state index is 12.9. The molecule has 2 aromatic heterocycles. The fourth-order valence-corrected chi connectivity index (χ4v) is 5.89. The van der Waals surface area contributed by atoms with Crippen LogP contribution in [0.3, 0.4) is 0 Å². The van der Waals surface area contributed by atoms with Gasteiger partial charge in [0.05, 0.1) is 5.39 Å². The second kappa shape index (κ2) is 8.65. The molecule has 4 heterocycles. The van der Waals surface area contributed by atoms with Gasteiger partial charge in [0.2, 0.25) is 11.8 Å². The molecule has 5 rings (SSSR count). The first-order valence-electron chi connectivity index (χ1n) is 12.0. The summed E-state index contributed by atoms with van der Waals surface area (Å²) in [6, 6.07) is 0. The van der Waals surface area contributed by atoms with Crippen molar-refractivity contribution in [2.24, 2.45) is 13.0 Å². The van der Waals surface area contributed by atoms with Crippen LogP contribution in [0.25, 0.3) is 16.6 Å². The molecule has 0 aromatic carbocycles. The fraction of sp³-hybridized carbons (Fsp3) is 0.520. The Morgan fingerprint density at radius 3 is 2.64 bits per heavy atom. The number of allylic oxidation sites excluding steroid dienone is 2. The number of aromatic nitrogens is 3. The summed E-state index contributed by atoms with van der Waals surface area (Å²) in [4.78, 5) is 37.8. The highest BCUT2D eigenvalue weighted by atomic mass is 16.2. The minimum atomic E-state index is -0.0303. The summed E-state index contributed by atoms with van der Waals surface area (Å²) in [7, 11) is 2.02. The summed E-state index contributed by atoms with van der Waals surface area (Å²) in [6.07, 6.45) is 10.7. The van der Waals surface area contributed by atoms with Crippen LogP contribution in [-0.2, 0) is 16.6 Å². The van der Waals surface area contributed by atoms with E-state index < -0.39 is 0 Å². The molecule has 2 N–H and O–H groups in total. The standard InChI is InChI=1S/C25H32N6O2/c1-3-19(32)31-13-10-18(14-31)22-20(21-23(26)27-15-28-24(21)29(22)2)16-6-8-17(9-7-16)25(33)30-11-4-5-12-30/h3,6,15,17-18H,1,4-5,7-14H2,2H3,(H2,26,27,28)/t17-,18?/m1/s1. The molecule has 0 radical (unpaired) electrons. The van der Waals surface area contributed by atoms with Crippen LogP contribution in [0.15, 0.2) is 25.1 Å². The highest BCUT2D eigenvalue weighted by molar-refractivity contribution is 6.00. The number of aryl methyl sites for hydroxylation is 1. The van der Waals surface area contributed by atoms with Gasteiger partial charge in [-0.3, -0.25) is 9.59 Å². The van der Waals surface area contributed by atoms with Crippen molar-refractivity contribution in [3.63, 3.8) is 0 Å². The van der Waals surface area contributed by atoms with Gasteiger partial charge in [0.1, 0.15) is 17.8 Å². The van der Waals surface area contributed by atoms with E-state index in [1.54, 1.807) is 0 Å². The van der Waals surface area contributed by atoms with Crippen molar-refractivity contribution in [1.82, 2.24) is 24.3 Å². The number of anilines is 1. The van der Waals surface area contributed by atoms with Gasteiger partial charge in [0.15, 0.2) is 0 Å². The Morgan fingerprint density at radius 2 is 1.94 bits per heavy atom. The lowest BCUT2D eigenvalue weighted by atomic mass is 9.83. The fourth-order valence-electron chi connectivity index (χ4n) is 5.89. The van der Waals surface area contributed by atoms with Gasteiger partial charge in [-0.15, -0.1) is 0 Å². The molecule has 2 aromatic rings. The van der Waals surface area contributed by atoms with Crippen LogP contribution >= 0.6 is 0 Å². The number of fused-ring (bicyclic) bond motifs is 1. The maximum atomic E-state index is 12.9. The van der Waals surface area contributed by atoms with Crippen molar-refractivity contribution in [3.8, 4) is 0 Å². The third-order valence-corrected chi connectivity index (χ3v) is 7.60. The predicted octanol–water partition coefficient (Wildman–Crippen LogP) is 2.86. The summed E-state index contributed by atoms with van der Waals surface area (Å²) in [5.41, 5.74) is 10.7. The van der Waals surface area contributed by atoms with Gasteiger partial charge >= 0.3 is 0 Å². The van der Waals surface area contributed by atoms with Crippen LogP contribution in [0.2, 0.25) is 0 Å². The first-order valence-corrected chi connectivity index (χ1v) is 12.0. The zero-order chi connectivity index (χ0) is 23.1. The largest absolute Gasteiger partial charge is 0.383 e. The molecule has 33 heavy (non-hydrogen) atoms. The molecule has 2 saturated heterocycles. The van der Waals surface area contributed by atoms with Crippen molar-refractivity contribution in [2.75, 3.05) is 31.9 Å². The van der Waals surface area contributed by atoms with Gasteiger partial charge in [0.25, 0.3) is 0 Å². The number of hydrogen-bond donors (Lipinski definition) is 1. The Labute approximate surface area is 194 Å². The summed E-state index contributed by atoms with van der Waals surface area (Å²) < 4.78 is 2.12. The van der Waals surface area contributed by atoms with Crippen molar-refractivity contribution in [2.45, 2.75) is 44.4 Å². The Bertz CT molecular complexity index is 1140. The molecule has 8 nitrogen and oxygen atoms in total. The summed E-state index contributed by atoms with van der Waals surface area (Å²) in [5.74, 6) is 0.999. The number of likely N-dealkylation sites (tertiary alicyclic amines) is 2. The van der Waals surface area contributed by atoms with Crippen molar-refractivity contribution in [3.05, 3.63) is 36.3 Å². The number of amides is 2. The zero-order valence-corrected chi connectivity index (χ0v) is 19.3. The zero-order valence-electron chi connectivity index (χ0n) is 19.3. The topological polar surface area (TPSA) is 97.3 Å². The van der Waals surface area contributed by atoms with Gasteiger partial charge in [-0.2, -0.15) is 0 Å². The van der Waals surface area contributed by atoms with Crippen LogP contribution in [0.4, 0.5) is 5.82 Å². The molecular formula is C25H32N6O2. The Balaban J connectivity index is 1.51. The molecular weight excluding hydrogens is 416 g/mol. The van der Waals surface area contributed by atoms with Gasteiger partial charge in [-0.1, -0.05) is 12.7 Å². The Kier molecular flexibility index (Phi) is 5.68. The highest BCUT2D eigenvalue weighted by Gasteiger charge is 2.35. The normalized spacial score (nSPS) is 23.2. The van der Waals surface area contributed by atoms with Crippen LogP contribution < -0.4 is 5.73 Å². The van der Waals surface area contributed by atoms with Crippen LogP contribution in [0, 0.1) is 5.92 Å². The minimum Gasteiger partial charge on any atom is -0.383 e. The number of hydrogen-bond acceptors (Lipinski definition) is 5. The van der Waals surface area contributed by atoms with Crippen molar-refractivity contribution in [1.29, 1.82) is 0 Å². The first-order chi connectivity index (χ1) is 16.0. The van der Waals surface area contributed by atoms with Gasteiger partial charge in [-0.25, -0.2) is 9.97 Å². The molecule has 0 saturated carbocycles. The van der Waals surface area contributed by atoms with E-state index in [-0.39, 0.29) is 17.7 Å². The maximum Gasteiger partial charge on any atom is 0.245 e. The molecule has 2 fully saturated rings. The third-order valence-electron chi connectivity index (χ3n) is 7.60. The van der Waals surface area contributed by atoms with Gasteiger partial charge in [0, 0.05) is 56.3 Å². The third kappa shape index (κ3) is 3.71. The van der Waals surface area contributed by atoms with Crippen molar-refractivity contribution >= 4 is 34.2 Å². The summed E-state index contributed by atoms with van der Waals surface area (Å²) in [5, 5.41) is 0.888. The first kappa shape index (κ1) is 21.7. The van der Waals surface area contributed by atoms with Crippen molar-refractivity contribution < 1.29 is 9.59 Å². The van der Waals surface area contributed by atoms with E-state index in [4.69, 9.17) is 5.73 Å². The summed E-state index contributed by atoms with van der Waals surface area (Å²) in [6.45, 7) is 6.79. The van der Waals surface area contributed by atoms with E-state index in [2.05, 4.69) is 27.2 Å². The highest BCUT2D eigenvalue weighted by Crippen LogP contribution is 2.43. The monoisotopic (exact) mass is 448 g/mol. The average Bonchev–Trinajstić information content (AvgIpc) is 3.59. The molecule has 1 aliphatic carbocycles. The number of nitrogens with two attached hydrogens (primary N) is 1. The van der Waals surface area contributed by atoms with E-state index in [9.17, 15) is 9.59 Å². The predicted molar refractivity (Wildman–Crippen MR) is 128 cm³/mol. The quantitative estimate of drug-likeness (QED) is 0.726. The van der Waals surface area contributed by atoms with Gasteiger partial charge in [-0.05, 0) is 50.2 Å². The van der Waals surface area contributed by atoms with Crippen LogP contribution in [0.1, 0.15) is 55.7 Å².